The van der Waals surface area contributed by atoms with Gasteiger partial charge in [-0.15, -0.1) is 36.4 Å². The molecule has 2 nitrogen and oxygen atoms in total. The Balaban J connectivity index is 0.000000405. The van der Waals surface area contributed by atoms with E-state index in [2.05, 4.69) is 5.43 Å². The highest BCUT2D eigenvalue weighted by atomic mass is 35.5. The molecule has 3 fully saturated rings. The maximum atomic E-state index is 5.94. The maximum absolute atomic E-state index is 5.94. The van der Waals surface area contributed by atoms with Gasteiger partial charge in [-0.25, -0.2) is 0 Å². The van der Waals surface area contributed by atoms with E-state index < -0.39 is 0 Å². The second kappa shape index (κ2) is 2.68. The molecule has 3 aliphatic carbocycles. The number of nitrogens with one attached hydrogen (secondary N) is 1. The van der Waals surface area contributed by atoms with E-state index in [4.69, 9.17) is 17.4 Å². The lowest BCUT2D eigenvalue weighted by atomic mass is 9.49. The van der Waals surface area contributed by atoms with E-state index in [-0.39, 0.29) is 35.2 Å². The molecule has 3 saturated carbocycles. The first-order chi connectivity index (χ1) is 3.68. The molecule has 5 heteroatoms. The molecule has 62 valence electrons. The number of nitrogens with two attached hydrogens (primary N) is 1. The van der Waals surface area contributed by atoms with Gasteiger partial charge in [0.2, 0.25) is 0 Å². The minimum absolute atomic E-state index is 0. The third kappa shape index (κ3) is 1.12. The van der Waals surface area contributed by atoms with Gasteiger partial charge < -0.3 is 0 Å². The summed E-state index contributed by atoms with van der Waals surface area (Å²) in [6.07, 6.45) is 3.20. The molecule has 0 radical (unpaired) electrons. The summed E-state index contributed by atoms with van der Waals surface area (Å²) in [5.74, 6) is 5.26. The van der Waals surface area contributed by atoms with E-state index in [0.29, 0.717) is 0 Å². The van der Waals surface area contributed by atoms with Crippen LogP contribution in [0, 0.1) is 0 Å². The van der Waals surface area contributed by atoms with Crippen LogP contribution in [0.2, 0.25) is 0 Å². The Bertz CT molecular complexity index is 119. The largest absolute Gasteiger partial charge is 0.271 e. The molecule has 3 aliphatic rings. The smallest absolute Gasteiger partial charge is 0.0501 e. The fourth-order valence-electron chi connectivity index (χ4n) is 1.82. The van der Waals surface area contributed by atoms with E-state index in [1.54, 1.807) is 0 Å². The van der Waals surface area contributed by atoms with Crippen molar-refractivity contribution in [2.45, 2.75) is 29.7 Å². The maximum Gasteiger partial charge on any atom is 0.0501 e. The standard InChI is InChI=1S/C5H9ClN2.2ClH/c6-4-1-5(2-4,3-4)8-7;;/h8H,1-3,7H2;2*1H. The van der Waals surface area contributed by atoms with Crippen molar-refractivity contribution in [3.8, 4) is 0 Å². The molecule has 0 heterocycles. The molecule has 0 aromatic rings. The first-order valence-corrected chi connectivity index (χ1v) is 3.23. The van der Waals surface area contributed by atoms with Crippen molar-refractivity contribution in [2.75, 3.05) is 0 Å². The van der Waals surface area contributed by atoms with Gasteiger partial charge >= 0.3 is 0 Å². The van der Waals surface area contributed by atoms with Crippen LogP contribution in [-0.4, -0.2) is 10.4 Å². The Hall–Kier alpha value is 0.790. The first kappa shape index (κ1) is 10.8. The quantitative estimate of drug-likeness (QED) is 0.384. The van der Waals surface area contributed by atoms with Crippen molar-refractivity contribution >= 4 is 36.4 Å². The number of halogens is 3. The SMILES string of the molecule is Cl.Cl.NNC12CC(Cl)(C1)C2. The van der Waals surface area contributed by atoms with Gasteiger partial charge in [0.1, 0.15) is 0 Å². The summed E-state index contributed by atoms with van der Waals surface area (Å²) in [5.41, 5.74) is 3.05. The van der Waals surface area contributed by atoms with Crippen LogP contribution in [-0.2, 0) is 0 Å². The van der Waals surface area contributed by atoms with Gasteiger partial charge in [0.05, 0.1) is 4.87 Å². The lowest BCUT2D eigenvalue weighted by Gasteiger charge is -2.66. The molecule has 10 heavy (non-hydrogen) atoms. The van der Waals surface area contributed by atoms with Gasteiger partial charge in [0.25, 0.3) is 0 Å². The second-order valence-electron chi connectivity index (χ2n) is 3.11. The van der Waals surface area contributed by atoms with Gasteiger partial charge in [-0.3, -0.25) is 11.3 Å². The topological polar surface area (TPSA) is 38.0 Å². The minimum atomic E-state index is 0. The van der Waals surface area contributed by atoms with Crippen LogP contribution in [0.4, 0.5) is 0 Å². The van der Waals surface area contributed by atoms with E-state index in [9.17, 15) is 0 Å². The van der Waals surface area contributed by atoms with Gasteiger partial charge in [-0.2, -0.15) is 0 Å². The summed E-state index contributed by atoms with van der Waals surface area (Å²) in [6.45, 7) is 0. The molecule has 0 spiro atoms. The summed E-state index contributed by atoms with van der Waals surface area (Å²) in [6, 6.07) is 0. The van der Waals surface area contributed by atoms with Crippen LogP contribution in [0.15, 0.2) is 0 Å². The van der Waals surface area contributed by atoms with Crippen molar-refractivity contribution in [1.29, 1.82) is 0 Å². The normalized spacial score (nSPS) is 47.4. The Morgan fingerprint density at radius 2 is 1.60 bits per heavy atom. The highest BCUT2D eigenvalue weighted by Gasteiger charge is 2.66. The fraction of sp³-hybridized carbons (Fsp3) is 1.00. The zero-order valence-corrected chi connectivity index (χ0v) is 7.78. The molecular weight excluding hydrogens is 194 g/mol. The van der Waals surface area contributed by atoms with Gasteiger partial charge in [0.15, 0.2) is 0 Å². The Kier molecular flexibility index (Phi) is 2.90. The van der Waals surface area contributed by atoms with Crippen LogP contribution >= 0.6 is 36.4 Å². The Morgan fingerprint density at radius 1 is 1.20 bits per heavy atom. The molecule has 2 bridgehead atoms. The molecule has 3 rings (SSSR count). The Labute approximate surface area is 77.7 Å². The third-order valence-corrected chi connectivity index (χ3v) is 2.67. The number of alkyl halides is 1. The predicted molar refractivity (Wildman–Crippen MR) is 47.0 cm³/mol. The molecule has 0 saturated heterocycles. The van der Waals surface area contributed by atoms with Gasteiger partial charge in [0, 0.05) is 5.54 Å². The number of rotatable bonds is 1. The summed E-state index contributed by atoms with van der Waals surface area (Å²) < 4.78 is 0. The number of hydrogen-bond donors (Lipinski definition) is 2. The zero-order valence-electron chi connectivity index (χ0n) is 5.39. The monoisotopic (exact) mass is 204 g/mol. The van der Waals surface area contributed by atoms with Crippen molar-refractivity contribution < 1.29 is 0 Å². The van der Waals surface area contributed by atoms with Crippen molar-refractivity contribution in [3.63, 3.8) is 0 Å². The average molecular weight is 206 g/mol. The van der Waals surface area contributed by atoms with Crippen LogP contribution in [0.5, 0.6) is 0 Å². The van der Waals surface area contributed by atoms with Crippen molar-refractivity contribution in [1.82, 2.24) is 5.43 Å². The van der Waals surface area contributed by atoms with E-state index in [1.165, 1.54) is 0 Å². The van der Waals surface area contributed by atoms with Crippen LogP contribution in [0.25, 0.3) is 0 Å². The lowest BCUT2D eigenvalue weighted by molar-refractivity contribution is -0.0246. The van der Waals surface area contributed by atoms with E-state index in [1.807, 2.05) is 0 Å². The van der Waals surface area contributed by atoms with E-state index in [0.717, 1.165) is 19.3 Å². The summed E-state index contributed by atoms with van der Waals surface area (Å²) in [4.78, 5) is 0.159. The van der Waals surface area contributed by atoms with Gasteiger partial charge in [-0.05, 0) is 19.3 Å². The average Bonchev–Trinajstić information content (AvgIpc) is 1.55. The highest BCUT2D eigenvalue weighted by molar-refractivity contribution is 6.26. The molecule has 0 amide bonds. The molecule has 0 aliphatic heterocycles. The predicted octanol–water partition coefficient (Wildman–Crippen LogP) is 1.21. The summed E-state index contributed by atoms with van der Waals surface area (Å²) >= 11 is 5.94. The Morgan fingerprint density at radius 3 is 1.70 bits per heavy atom. The zero-order chi connectivity index (χ0) is 5.83. The van der Waals surface area contributed by atoms with Crippen LogP contribution in [0.3, 0.4) is 0 Å². The first-order valence-electron chi connectivity index (χ1n) is 2.85. The van der Waals surface area contributed by atoms with Crippen molar-refractivity contribution in [2.24, 2.45) is 5.84 Å². The molecule has 0 atom stereocenters. The molecular formula is C5H11Cl3N2. The minimum Gasteiger partial charge on any atom is -0.271 e. The fourth-order valence-corrected chi connectivity index (χ4v) is 2.58. The lowest BCUT2D eigenvalue weighted by Crippen LogP contribution is -2.76. The molecule has 0 unspecified atom stereocenters. The van der Waals surface area contributed by atoms with Crippen molar-refractivity contribution in [3.05, 3.63) is 0 Å². The van der Waals surface area contributed by atoms with E-state index >= 15 is 0 Å². The molecule has 3 N–H and O–H groups in total. The summed E-state index contributed by atoms with van der Waals surface area (Å²) in [7, 11) is 0. The summed E-state index contributed by atoms with van der Waals surface area (Å²) in [5, 5.41) is 0. The second-order valence-corrected chi connectivity index (χ2v) is 3.91. The van der Waals surface area contributed by atoms with Gasteiger partial charge in [-0.1, -0.05) is 0 Å². The van der Waals surface area contributed by atoms with Crippen LogP contribution in [0.1, 0.15) is 19.3 Å². The third-order valence-electron chi connectivity index (χ3n) is 2.27. The highest BCUT2D eigenvalue weighted by Crippen LogP contribution is 2.63. The van der Waals surface area contributed by atoms with Crippen LogP contribution < -0.4 is 11.3 Å². The molecule has 0 aromatic carbocycles. The molecule has 0 aromatic heterocycles. The number of hydrazine groups is 1. The number of hydrogen-bond acceptors (Lipinski definition) is 2.